The van der Waals surface area contributed by atoms with Crippen LogP contribution in [0.1, 0.15) is 12.8 Å². The van der Waals surface area contributed by atoms with Gasteiger partial charge in [-0.2, -0.15) is 0 Å². The van der Waals surface area contributed by atoms with Gasteiger partial charge >= 0.3 is 5.66 Å². The normalized spacial score (nSPS) is 10.1. The van der Waals surface area contributed by atoms with Crippen molar-refractivity contribution in [1.82, 2.24) is 0 Å². The molecule has 0 amide bonds. The molecule has 0 spiro atoms. The van der Waals surface area contributed by atoms with Gasteiger partial charge in [0.05, 0.1) is 9.85 Å². The molecule has 0 bridgehead atoms. The first kappa shape index (κ1) is 11.1. The van der Waals surface area contributed by atoms with Gasteiger partial charge in [-0.3, -0.25) is 20.2 Å². The average Bonchev–Trinajstić information content (AvgIpc) is 2.03. The molecule has 13 heavy (non-hydrogen) atoms. The highest BCUT2D eigenvalue weighted by atomic mass is 16.7. The Morgan fingerprint density at radius 1 is 1.46 bits per heavy atom. The van der Waals surface area contributed by atoms with Crippen molar-refractivity contribution in [2.75, 3.05) is 0 Å². The molecule has 0 unspecified atom stereocenters. The second-order valence-corrected chi connectivity index (χ2v) is 2.37. The van der Waals surface area contributed by atoms with Crippen molar-refractivity contribution in [3.8, 4) is 12.3 Å². The summed E-state index contributed by atoms with van der Waals surface area (Å²) in [5, 5.41) is 20.9. The van der Waals surface area contributed by atoms with Crippen LogP contribution in [0.15, 0.2) is 12.7 Å². The summed E-state index contributed by atoms with van der Waals surface area (Å²) in [6.45, 7) is 3.22. The van der Waals surface area contributed by atoms with Crippen molar-refractivity contribution >= 4 is 0 Å². The van der Waals surface area contributed by atoms with E-state index in [2.05, 4.69) is 6.58 Å². The van der Waals surface area contributed by atoms with Crippen molar-refractivity contribution in [1.29, 1.82) is 0 Å². The monoisotopic (exact) mass is 184 g/mol. The van der Waals surface area contributed by atoms with E-state index in [0.29, 0.717) is 0 Å². The summed E-state index contributed by atoms with van der Waals surface area (Å²) in [6, 6.07) is 0. The Morgan fingerprint density at radius 2 is 1.92 bits per heavy atom. The number of nitro groups is 2. The predicted molar refractivity (Wildman–Crippen MR) is 45.0 cm³/mol. The standard InChI is InChI=1S/C7H8N2O4/c1-3-5-7(6-4-2,8(10)11)9(12)13/h1,4H,2,5-6H2. The molecule has 0 saturated heterocycles. The highest BCUT2D eigenvalue weighted by molar-refractivity contribution is 4.93. The van der Waals surface area contributed by atoms with Gasteiger partial charge in [0.15, 0.2) is 6.42 Å². The van der Waals surface area contributed by atoms with Crippen LogP contribution in [0.4, 0.5) is 0 Å². The zero-order valence-corrected chi connectivity index (χ0v) is 6.80. The number of terminal acetylenes is 1. The molecule has 0 rings (SSSR count). The highest BCUT2D eigenvalue weighted by Crippen LogP contribution is 2.20. The fraction of sp³-hybridized carbons (Fsp3) is 0.429. The van der Waals surface area contributed by atoms with E-state index in [1.807, 2.05) is 5.92 Å². The molecule has 6 heteroatoms. The smallest absolute Gasteiger partial charge is 0.258 e. The van der Waals surface area contributed by atoms with Crippen LogP contribution < -0.4 is 0 Å². The lowest BCUT2D eigenvalue weighted by atomic mass is 10.0. The number of rotatable bonds is 5. The van der Waals surface area contributed by atoms with Crippen LogP contribution in [0.25, 0.3) is 0 Å². The van der Waals surface area contributed by atoms with Gasteiger partial charge < -0.3 is 0 Å². The number of hydrogen-bond donors (Lipinski definition) is 0. The third-order valence-electron chi connectivity index (χ3n) is 1.54. The van der Waals surface area contributed by atoms with Gasteiger partial charge in [0.1, 0.15) is 6.42 Å². The van der Waals surface area contributed by atoms with Crippen LogP contribution in [-0.4, -0.2) is 15.5 Å². The molecule has 0 aromatic heterocycles. The van der Waals surface area contributed by atoms with E-state index in [0.717, 1.165) is 6.08 Å². The van der Waals surface area contributed by atoms with E-state index in [1.165, 1.54) is 0 Å². The van der Waals surface area contributed by atoms with Crippen LogP contribution in [0, 0.1) is 32.6 Å². The molecule has 0 aromatic rings. The third-order valence-corrected chi connectivity index (χ3v) is 1.54. The summed E-state index contributed by atoms with van der Waals surface area (Å²) in [5.74, 6) is 1.92. The van der Waals surface area contributed by atoms with Crippen LogP contribution in [0.3, 0.4) is 0 Å². The molecule has 0 aliphatic heterocycles. The van der Waals surface area contributed by atoms with Gasteiger partial charge in [-0.25, -0.2) is 0 Å². The molecule has 0 heterocycles. The van der Waals surface area contributed by atoms with E-state index in [1.54, 1.807) is 0 Å². The molecule has 0 aliphatic carbocycles. The summed E-state index contributed by atoms with van der Waals surface area (Å²) >= 11 is 0. The van der Waals surface area contributed by atoms with Crippen molar-refractivity contribution in [2.24, 2.45) is 0 Å². The molecule has 0 radical (unpaired) electrons. The first-order valence-electron chi connectivity index (χ1n) is 3.34. The van der Waals surface area contributed by atoms with Crippen LogP contribution in [0.5, 0.6) is 0 Å². The summed E-state index contributed by atoms with van der Waals surface area (Å²) in [4.78, 5) is 19.0. The lowest BCUT2D eigenvalue weighted by Crippen LogP contribution is -2.45. The summed E-state index contributed by atoms with van der Waals surface area (Å²) in [6.07, 6.45) is 5.02. The molecule has 0 aromatic carbocycles. The first-order chi connectivity index (χ1) is 6.01. The van der Waals surface area contributed by atoms with E-state index >= 15 is 0 Å². The molecule has 0 aliphatic rings. The molecular formula is C7H8N2O4. The lowest BCUT2D eigenvalue weighted by molar-refractivity contribution is -0.794. The van der Waals surface area contributed by atoms with Crippen molar-refractivity contribution in [3.05, 3.63) is 32.9 Å². The fourth-order valence-electron chi connectivity index (χ4n) is 0.812. The van der Waals surface area contributed by atoms with E-state index in [-0.39, 0.29) is 6.42 Å². The third kappa shape index (κ3) is 2.02. The Labute approximate surface area is 74.5 Å². The molecular weight excluding hydrogens is 176 g/mol. The van der Waals surface area contributed by atoms with E-state index in [9.17, 15) is 20.2 Å². The Balaban J connectivity index is 5.05. The van der Waals surface area contributed by atoms with Crippen molar-refractivity contribution in [2.45, 2.75) is 18.5 Å². The Bertz CT molecular complexity index is 265. The first-order valence-corrected chi connectivity index (χ1v) is 3.34. The second kappa shape index (κ2) is 4.21. The van der Waals surface area contributed by atoms with Gasteiger partial charge in [0.2, 0.25) is 0 Å². The molecule has 0 fully saturated rings. The van der Waals surface area contributed by atoms with Crippen LogP contribution in [-0.2, 0) is 0 Å². The zero-order valence-electron chi connectivity index (χ0n) is 6.80. The maximum absolute atomic E-state index is 10.5. The summed E-state index contributed by atoms with van der Waals surface area (Å²) < 4.78 is 0. The minimum absolute atomic E-state index is 0.378. The Kier molecular flexibility index (Phi) is 3.59. The van der Waals surface area contributed by atoms with Crippen molar-refractivity contribution in [3.63, 3.8) is 0 Å². The van der Waals surface area contributed by atoms with Gasteiger partial charge in [-0.1, -0.05) is 12.0 Å². The van der Waals surface area contributed by atoms with Gasteiger partial charge in [0, 0.05) is 0 Å². The fourth-order valence-corrected chi connectivity index (χ4v) is 0.812. The average molecular weight is 184 g/mol. The quantitative estimate of drug-likeness (QED) is 0.208. The van der Waals surface area contributed by atoms with Crippen LogP contribution in [0.2, 0.25) is 0 Å². The minimum atomic E-state index is -2.31. The molecule has 6 nitrogen and oxygen atoms in total. The van der Waals surface area contributed by atoms with Gasteiger partial charge in [-0.15, -0.1) is 13.0 Å². The second-order valence-electron chi connectivity index (χ2n) is 2.37. The largest absolute Gasteiger partial charge is 0.472 e. The summed E-state index contributed by atoms with van der Waals surface area (Å²) in [5.41, 5.74) is -2.31. The molecule has 0 N–H and O–H groups in total. The van der Waals surface area contributed by atoms with Gasteiger partial charge in [0.25, 0.3) is 0 Å². The minimum Gasteiger partial charge on any atom is -0.258 e. The van der Waals surface area contributed by atoms with E-state index in [4.69, 9.17) is 6.42 Å². The lowest BCUT2D eigenvalue weighted by Gasteiger charge is -2.12. The maximum Gasteiger partial charge on any atom is 0.472 e. The molecule has 70 valence electrons. The Morgan fingerprint density at radius 3 is 2.15 bits per heavy atom. The molecule has 0 saturated carbocycles. The Hall–Kier alpha value is -1.90. The van der Waals surface area contributed by atoms with Gasteiger partial charge in [-0.05, 0) is 0 Å². The molecule has 0 atom stereocenters. The topological polar surface area (TPSA) is 86.3 Å². The number of hydrogen-bond acceptors (Lipinski definition) is 4. The van der Waals surface area contributed by atoms with Crippen LogP contribution >= 0.6 is 0 Å². The highest BCUT2D eigenvalue weighted by Gasteiger charge is 2.54. The summed E-state index contributed by atoms with van der Waals surface area (Å²) in [7, 11) is 0. The zero-order chi connectivity index (χ0) is 10.5. The maximum atomic E-state index is 10.5. The predicted octanol–water partition coefficient (Wildman–Crippen LogP) is 0.835. The van der Waals surface area contributed by atoms with Crippen molar-refractivity contribution < 1.29 is 9.85 Å². The SMILES string of the molecule is C#CCC(CC=C)([N+](=O)[O-])[N+](=O)[O-]. The van der Waals surface area contributed by atoms with E-state index < -0.39 is 21.9 Å². The number of nitrogens with zero attached hydrogens (tertiary/aromatic N) is 2.